The van der Waals surface area contributed by atoms with Gasteiger partial charge in [0.2, 0.25) is 0 Å². The van der Waals surface area contributed by atoms with Crippen LogP contribution in [0.1, 0.15) is 16.7 Å². The lowest BCUT2D eigenvalue weighted by molar-refractivity contribution is 1.15. The predicted octanol–water partition coefficient (Wildman–Crippen LogP) is 3.39. The number of hydrogen-bond donors (Lipinski definition) is 0. The summed E-state index contributed by atoms with van der Waals surface area (Å²) < 4.78 is 0. The zero-order valence-corrected chi connectivity index (χ0v) is 8.33. The molecule has 69 valence electrons. The van der Waals surface area contributed by atoms with Gasteiger partial charge < -0.3 is 0 Å². The highest BCUT2D eigenvalue weighted by molar-refractivity contribution is 5.31. The summed E-state index contributed by atoms with van der Waals surface area (Å²) in [5.41, 5.74) is 3.99. The predicted molar refractivity (Wildman–Crippen MR) is 59.3 cm³/mol. The Kier molecular flexibility index (Phi) is 2.64. The van der Waals surface area contributed by atoms with Gasteiger partial charge in [-0.05, 0) is 36.1 Å². The average molecular weight is 181 g/mol. The minimum absolute atomic E-state index is 0.980. The Hall–Kier alpha value is -1.56. The van der Waals surface area contributed by atoms with Crippen LogP contribution in [0.25, 0.3) is 0 Å². The van der Waals surface area contributed by atoms with Crippen molar-refractivity contribution < 1.29 is 0 Å². The fourth-order valence-corrected chi connectivity index (χ4v) is 1.55. The summed E-state index contributed by atoms with van der Waals surface area (Å²) in [6.45, 7) is 2.15. The largest absolute Gasteiger partial charge is 0.0620 e. The van der Waals surface area contributed by atoms with Crippen molar-refractivity contribution in [1.82, 2.24) is 0 Å². The van der Waals surface area contributed by atoms with E-state index in [1.54, 1.807) is 0 Å². The molecule has 0 aliphatic heterocycles. The summed E-state index contributed by atoms with van der Waals surface area (Å²) in [5, 5.41) is 0. The third-order valence-corrected chi connectivity index (χ3v) is 2.42. The monoisotopic (exact) mass is 181 g/mol. The van der Waals surface area contributed by atoms with E-state index in [0.717, 1.165) is 6.42 Å². The van der Waals surface area contributed by atoms with Crippen molar-refractivity contribution in [3.8, 4) is 0 Å². The van der Waals surface area contributed by atoms with Gasteiger partial charge in [-0.3, -0.25) is 0 Å². The Bertz CT molecular complexity index is 401. The van der Waals surface area contributed by atoms with Crippen molar-refractivity contribution in [2.75, 3.05) is 0 Å². The Balaban J connectivity index is 2.24. The third kappa shape index (κ3) is 2.02. The minimum Gasteiger partial charge on any atom is -0.0620 e. The van der Waals surface area contributed by atoms with Crippen LogP contribution in [0.5, 0.6) is 0 Å². The molecule has 0 aliphatic carbocycles. The van der Waals surface area contributed by atoms with Crippen LogP contribution >= 0.6 is 0 Å². The lowest BCUT2D eigenvalue weighted by atomic mass is 10.0. The molecule has 0 nitrogen and oxygen atoms in total. The molecule has 0 saturated heterocycles. The molecule has 0 spiro atoms. The Morgan fingerprint density at radius 1 is 1.00 bits per heavy atom. The summed E-state index contributed by atoms with van der Waals surface area (Å²) in [4.78, 5) is 0. The quantitative estimate of drug-likeness (QED) is 0.666. The molecule has 2 rings (SSSR count). The number of rotatable bonds is 2. The molecule has 1 radical (unpaired) electrons. The lowest BCUT2D eigenvalue weighted by Gasteiger charge is -2.04. The van der Waals surface area contributed by atoms with Crippen molar-refractivity contribution >= 4 is 0 Å². The standard InChI is InChI=1S/C14H13/c1-12-7-5-6-10-14(12)11-13-8-3-2-4-9-13/h2-8,10H,11H2,1H3. The van der Waals surface area contributed by atoms with E-state index in [9.17, 15) is 0 Å². The fourth-order valence-electron chi connectivity index (χ4n) is 1.55. The highest BCUT2D eigenvalue weighted by atomic mass is 14.0. The van der Waals surface area contributed by atoms with Crippen LogP contribution in [-0.2, 0) is 6.42 Å². The summed E-state index contributed by atoms with van der Waals surface area (Å²) in [5.74, 6) is 0. The van der Waals surface area contributed by atoms with E-state index in [4.69, 9.17) is 0 Å². The van der Waals surface area contributed by atoms with Gasteiger partial charge in [0.1, 0.15) is 0 Å². The molecule has 0 aliphatic rings. The van der Waals surface area contributed by atoms with Crippen LogP contribution < -0.4 is 0 Å². The second kappa shape index (κ2) is 4.10. The van der Waals surface area contributed by atoms with E-state index >= 15 is 0 Å². The molecule has 14 heavy (non-hydrogen) atoms. The topological polar surface area (TPSA) is 0 Å². The molecule has 0 bridgehead atoms. The van der Waals surface area contributed by atoms with Gasteiger partial charge >= 0.3 is 0 Å². The normalized spacial score (nSPS) is 10.1. The first-order valence-electron chi connectivity index (χ1n) is 4.86. The van der Waals surface area contributed by atoms with Gasteiger partial charge in [0.25, 0.3) is 0 Å². The first kappa shape index (κ1) is 9.01. The maximum Gasteiger partial charge on any atom is -0.00170 e. The summed E-state index contributed by atoms with van der Waals surface area (Å²) in [6.07, 6.45) is 0.980. The first-order chi connectivity index (χ1) is 6.86. The van der Waals surface area contributed by atoms with Crippen molar-refractivity contribution in [1.29, 1.82) is 0 Å². The van der Waals surface area contributed by atoms with Crippen LogP contribution in [0.15, 0.2) is 48.5 Å². The molecule has 0 heteroatoms. The van der Waals surface area contributed by atoms with Crippen molar-refractivity contribution in [3.05, 3.63) is 71.3 Å². The van der Waals surface area contributed by atoms with E-state index < -0.39 is 0 Å². The number of hydrogen-bond acceptors (Lipinski definition) is 0. The molecule has 0 aromatic heterocycles. The van der Waals surface area contributed by atoms with Gasteiger partial charge in [0.05, 0.1) is 0 Å². The molecule has 0 heterocycles. The molecular weight excluding hydrogens is 168 g/mol. The van der Waals surface area contributed by atoms with Gasteiger partial charge in [-0.15, -0.1) is 0 Å². The molecule has 0 fully saturated rings. The maximum atomic E-state index is 3.24. The van der Waals surface area contributed by atoms with Crippen LogP contribution in [0.4, 0.5) is 0 Å². The van der Waals surface area contributed by atoms with E-state index in [0.29, 0.717) is 0 Å². The van der Waals surface area contributed by atoms with E-state index in [-0.39, 0.29) is 0 Å². The molecule has 0 amide bonds. The molecular formula is C14H13. The van der Waals surface area contributed by atoms with Crippen LogP contribution in [0.3, 0.4) is 0 Å². The van der Waals surface area contributed by atoms with E-state index in [2.05, 4.69) is 49.4 Å². The zero-order chi connectivity index (χ0) is 9.80. The second-order valence-corrected chi connectivity index (χ2v) is 3.49. The van der Waals surface area contributed by atoms with Gasteiger partial charge in [-0.1, -0.05) is 48.5 Å². The molecule has 0 N–H and O–H groups in total. The fraction of sp³-hybridized carbons (Fsp3) is 0.143. The van der Waals surface area contributed by atoms with Gasteiger partial charge in [-0.25, -0.2) is 0 Å². The van der Waals surface area contributed by atoms with Crippen molar-refractivity contribution in [2.45, 2.75) is 13.3 Å². The molecule has 2 aromatic carbocycles. The SMILES string of the molecule is Cc1ccccc1Cc1[c]cccc1. The maximum absolute atomic E-state index is 3.24. The molecule has 0 saturated carbocycles. The molecule has 0 atom stereocenters. The van der Waals surface area contributed by atoms with Crippen molar-refractivity contribution in [2.24, 2.45) is 0 Å². The van der Waals surface area contributed by atoms with Gasteiger partial charge in [-0.2, -0.15) is 0 Å². The average Bonchev–Trinajstić information content (AvgIpc) is 2.23. The summed E-state index contributed by atoms with van der Waals surface area (Å²) in [7, 11) is 0. The van der Waals surface area contributed by atoms with Crippen LogP contribution in [-0.4, -0.2) is 0 Å². The van der Waals surface area contributed by atoms with Crippen molar-refractivity contribution in [3.63, 3.8) is 0 Å². The Labute approximate surface area is 85.2 Å². The van der Waals surface area contributed by atoms with E-state index in [1.807, 2.05) is 12.1 Å². The third-order valence-electron chi connectivity index (χ3n) is 2.42. The van der Waals surface area contributed by atoms with E-state index in [1.165, 1.54) is 16.7 Å². The van der Waals surface area contributed by atoms with Gasteiger partial charge in [0, 0.05) is 0 Å². The number of aryl methyl sites for hydroxylation is 1. The second-order valence-electron chi connectivity index (χ2n) is 3.49. The lowest BCUT2D eigenvalue weighted by Crippen LogP contribution is -1.90. The molecule has 0 unspecified atom stereocenters. The highest BCUT2D eigenvalue weighted by Gasteiger charge is 1.97. The smallest absolute Gasteiger partial charge is 0.00170 e. The Morgan fingerprint density at radius 3 is 2.50 bits per heavy atom. The Morgan fingerprint density at radius 2 is 1.79 bits per heavy atom. The summed E-state index contributed by atoms with van der Waals surface area (Å²) >= 11 is 0. The molecule has 2 aromatic rings. The first-order valence-corrected chi connectivity index (χ1v) is 4.86. The number of benzene rings is 2. The van der Waals surface area contributed by atoms with Crippen LogP contribution in [0, 0.1) is 13.0 Å². The summed E-state index contributed by atoms with van der Waals surface area (Å²) in [6, 6.07) is 19.9. The minimum atomic E-state index is 0.980. The van der Waals surface area contributed by atoms with Gasteiger partial charge in [0.15, 0.2) is 0 Å². The van der Waals surface area contributed by atoms with Crippen LogP contribution in [0.2, 0.25) is 0 Å². The highest BCUT2D eigenvalue weighted by Crippen LogP contribution is 2.12. The zero-order valence-electron chi connectivity index (χ0n) is 8.33.